The van der Waals surface area contributed by atoms with Crippen LogP contribution in [0, 0.1) is 10.1 Å². The molecule has 0 unspecified atom stereocenters. The zero-order chi connectivity index (χ0) is 15.4. The molecule has 1 aliphatic carbocycles. The van der Waals surface area contributed by atoms with Crippen molar-refractivity contribution in [1.82, 2.24) is 9.97 Å². The normalized spacial score (nSPS) is 17.3. The highest BCUT2D eigenvalue weighted by Crippen LogP contribution is 2.19. The largest absolute Gasteiger partial charge is 0.338 e. The van der Waals surface area contributed by atoms with Gasteiger partial charge in [-0.1, -0.05) is 19.3 Å². The molecule has 1 aliphatic rings. The molecule has 2 aromatic rings. The molecule has 0 bridgehead atoms. The fourth-order valence-electron chi connectivity index (χ4n) is 3.26. The number of nitrogens with two attached hydrogens (primary N) is 1. The Morgan fingerprint density at radius 2 is 1.95 bits per heavy atom. The first-order valence-electron chi connectivity index (χ1n) is 8.19. The number of nitro benzene ring substituents is 1. The van der Waals surface area contributed by atoms with Crippen LogP contribution in [0.5, 0.6) is 0 Å². The van der Waals surface area contributed by atoms with E-state index in [1.54, 1.807) is 12.1 Å². The van der Waals surface area contributed by atoms with E-state index < -0.39 is 0 Å². The van der Waals surface area contributed by atoms with Crippen molar-refractivity contribution in [2.24, 2.45) is 0 Å². The van der Waals surface area contributed by atoms with Crippen LogP contribution in [0.15, 0.2) is 18.2 Å². The van der Waals surface area contributed by atoms with Gasteiger partial charge in [-0.3, -0.25) is 10.1 Å². The van der Waals surface area contributed by atoms with Gasteiger partial charge in [0, 0.05) is 12.1 Å². The van der Waals surface area contributed by atoms with Crippen LogP contribution in [-0.4, -0.2) is 20.9 Å². The van der Waals surface area contributed by atoms with Crippen LogP contribution < -0.4 is 5.32 Å². The topological polar surface area (TPSA) is 88.4 Å². The predicted molar refractivity (Wildman–Crippen MR) is 84.5 cm³/mol. The van der Waals surface area contributed by atoms with Crippen LogP contribution in [-0.2, 0) is 6.54 Å². The lowest BCUT2D eigenvalue weighted by Crippen LogP contribution is -2.88. The number of imidazole rings is 1. The molecule has 1 aromatic heterocycles. The first-order chi connectivity index (χ1) is 10.7. The summed E-state index contributed by atoms with van der Waals surface area (Å²) in [7, 11) is 0. The quantitative estimate of drug-likeness (QED) is 0.672. The Bertz CT molecular complexity index is 645. The molecule has 3 rings (SSSR count). The summed E-state index contributed by atoms with van der Waals surface area (Å²) in [6, 6.07) is 5.46. The van der Waals surface area contributed by atoms with Gasteiger partial charge in [-0.2, -0.15) is 0 Å². The van der Waals surface area contributed by atoms with E-state index in [0.29, 0.717) is 6.04 Å². The first kappa shape index (κ1) is 15.0. The number of hydrogen-bond donors (Lipinski definition) is 2. The summed E-state index contributed by atoms with van der Waals surface area (Å²) in [6.45, 7) is 0.813. The van der Waals surface area contributed by atoms with Crippen LogP contribution in [0.2, 0.25) is 0 Å². The zero-order valence-electron chi connectivity index (χ0n) is 12.8. The second kappa shape index (κ2) is 6.87. The maximum atomic E-state index is 10.8. The lowest BCUT2D eigenvalue weighted by molar-refractivity contribution is -0.706. The van der Waals surface area contributed by atoms with Gasteiger partial charge < -0.3 is 10.3 Å². The van der Waals surface area contributed by atoms with Crippen molar-refractivity contribution in [3.8, 4) is 0 Å². The summed E-state index contributed by atoms with van der Waals surface area (Å²) >= 11 is 0. The molecular formula is C16H23N4O2+. The van der Waals surface area contributed by atoms with Gasteiger partial charge in [0.25, 0.3) is 5.69 Å². The van der Waals surface area contributed by atoms with Gasteiger partial charge in [0.15, 0.2) is 5.82 Å². The summed E-state index contributed by atoms with van der Waals surface area (Å²) in [5.41, 5.74) is 1.65. The van der Waals surface area contributed by atoms with Gasteiger partial charge in [-0.25, -0.2) is 4.98 Å². The molecule has 6 nitrogen and oxygen atoms in total. The number of fused-ring (bicyclic) bond motifs is 1. The molecule has 1 heterocycles. The average molecular weight is 303 g/mol. The van der Waals surface area contributed by atoms with E-state index >= 15 is 0 Å². The molecule has 0 aliphatic heterocycles. The minimum Gasteiger partial charge on any atom is -0.338 e. The van der Waals surface area contributed by atoms with E-state index in [9.17, 15) is 10.1 Å². The molecule has 0 amide bonds. The Morgan fingerprint density at radius 1 is 1.23 bits per heavy atom. The van der Waals surface area contributed by atoms with E-state index in [4.69, 9.17) is 0 Å². The number of hydrogen-bond acceptors (Lipinski definition) is 3. The SMILES string of the molecule is O=[N+]([O-])c1ccc2nc(C[NH2+]C3CCCCCCC3)[nH]c2c1. The van der Waals surface area contributed by atoms with Gasteiger partial charge in [0.1, 0.15) is 6.54 Å². The number of non-ortho nitro benzene ring substituents is 1. The summed E-state index contributed by atoms with van der Waals surface area (Å²) in [5.74, 6) is 0.901. The third-order valence-corrected chi connectivity index (χ3v) is 4.52. The molecule has 118 valence electrons. The minimum absolute atomic E-state index is 0.103. The molecule has 0 atom stereocenters. The molecule has 0 saturated heterocycles. The molecule has 3 N–H and O–H groups in total. The highest BCUT2D eigenvalue weighted by molar-refractivity contribution is 5.77. The number of nitrogens with zero attached hydrogens (tertiary/aromatic N) is 2. The minimum atomic E-state index is -0.374. The van der Waals surface area contributed by atoms with Crippen LogP contribution in [0.3, 0.4) is 0 Å². The van der Waals surface area contributed by atoms with Gasteiger partial charge in [-0.05, 0) is 31.7 Å². The number of H-pyrrole nitrogens is 1. The summed E-state index contributed by atoms with van der Waals surface area (Å²) in [6.07, 6.45) is 9.32. The molecule has 1 saturated carbocycles. The number of quaternary nitrogens is 1. The van der Waals surface area contributed by atoms with E-state index in [1.165, 1.54) is 51.0 Å². The van der Waals surface area contributed by atoms with E-state index in [1.807, 2.05) is 0 Å². The summed E-state index contributed by atoms with van der Waals surface area (Å²) < 4.78 is 0. The Labute approximate surface area is 129 Å². The van der Waals surface area contributed by atoms with Crippen molar-refractivity contribution in [2.75, 3.05) is 0 Å². The summed E-state index contributed by atoms with van der Waals surface area (Å²) in [5, 5.41) is 13.2. The summed E-state index contributed by atoms with van der Waals surface area (Å²) in [4.78, 5) is 18.2. The van der Waals surface area contributed by atoms with Crippen LogP contribution in [0.4, 0.5) is 5.69 Å². The smallest absolute Gasteiger partial charge is 0.271 e. The molecule has 22 heavy (non-hydrogen) atoms. The van der Waals surface area contributed by atoms with Crippen molar-refractivity contribution in [3.63, 3.8) is 0 Å². The van der Waals surface area contributed by atoms with Gasteiger partial charge in [0.05, 0.1) is 22.0 Å². The third kappa shape index (κ3) is 3.62. The molecule has 1 fully saturated rings. The fourth-order valence-corrected chi connectivity index (χ4v) is 3.26. The lowest BCUT2D eigenvalue weighted by Gasteiger charge is -2.17. The predicted octanol–water partition coefficient (Wildman–Crippen LogP) is 2.65. The number of aromatic nitrogens is 2. The van der Waals surface area contributed by atoms with Crippen molar-refractivity contribution >= 4 is 16.7 Å². The third-order valence-electron chi connectivity index (χ3n) is 4.52. The van der Waals surface area contributed by atoms with Crippen molar-refractivity contribution in [3.05, 3.63) is 34.1 Å². The van der Waals surface area contributed by atoms with Crippen molar-refractivity contribution in [1.29, 1.82) is 0 Å². The zero-order valence-corrected chi connectivity index (χ0v) is 12.8. The monoisotopic (exact) mass is 303 g/mol. The average Bonchev–Trinajstić information content (AvgIpc) is 2.87. The Balaban J connectivity index is 1.64. The fraction of sp³-hybridized carbons (Fsp3) is 0.562. The molecule has 6 heteroatoms. The van der Waals surface area contributed by atoms with Crippen LogP contribution in [0.25, 0.3) is 11.0 Å². The van der Waals surface area contributed by atoms with Crippen LogP contribution >= 0.6 is 0 Å². The molecule has 0 radical (unpaired) electrons. The number of aromatic amines is 1. The number of nitrogens with one attached hydrogen (secondary N) is 1. The van der Waals surface area contributed by atoms with Crippen molar-refractivity contribution in [2.45, 2.75) is 57.5 Å². The first-order valence-corrected chi connectivity index (χ1v) is 8.19. The Morgan fingerprint density at radius 3 is 2.68 bits per heavy atom. The van der Waals surface area contributed by atoms with Gasteiger partial charge in [-0.15, -0.1) is 0 Å². The maximum Gasteiger partial charge on any atom is 0.271 e. The highest BCUT2D eigenvalue weighted by Gasteiger charge is 2.15. The molecular weight excluding hydrogens is 280 g/mol. The van der Waals surface area contributed by atoms with E-state index in [-0.39, 0.29) is 10.6 Å². The Kier molecular flexibility index (Phi) is 4.68. The second-order valence-corrected chi connectivity index (χ2v) is 6.19. The van der Waals surface area contributed by atoms with Crippen molar-refractivity contribution < 1.29 is 10.2 Å². The number of rotatable bonds is 4. The number of nitro groups is 1. The Hall–Kier alpha value is -1.95. The van der Waals surface area contributed by atoms with Gasteiger partial charge in [0.2, 0.25) is 0 Å². The van der Waals surface area contributed by atoms with E-state index in [2.05, 4.69) is 15.3 Å². The molecule has 1 aromatic carbocycles. The highest BCUT2D eigenvalue weighted by atomic mass is 16.6. The van der Waals surface area contributed by atoms with E-state index in [0.717, 1.165) is 23.4 Å². The maximum absolute atomic E-state index is 10.8. The lowest BCUT2D eigenvalue weighted by atomic mass is 9.97. The number of benzene rings is 1. The van der Waals surface area contributed by atoms with Crippen LogP contribution in [0.1, 0.15) is 50.8 Å². The standard InChI is InChI=1S/C16H22N4O2/c21-20(22)13-8-9-14-15(10-13)19-16(18-14)11-17-12-6-4-2-1-3-5-7-12/h8-10,12,17H,1-7,11H2,(H,18,19)/p+1. The van der Waals surface area contributed by atoms with Gasteiger partial charge >= 0.3 is 0 Å². The molecule has 0 spiro atoms. The second-order valence-electron chi connectivity index (χ2n) is 6.19.